The molecule has 0 N–H and O–H groups in total. The molecule has 1 aliphatic rings. The fourth-order valence-corrected chi connectivity index (χ4v) is 3.56. The Kier molecular flexibility index (Phi) is 5.03. The van der Waals surface area contributed by atoms with Gasteiger partial charge in [0, 0.05) is 10.0 Å². The van der Waals surface area contributed by atoms with Crippen LogP contribution < -0.4 is 0 Å². The van der Waals surface area contributed by atoms with Crippen LogP contribution in [0.15, 0.2) is 28.7 Å². The smallest absolute Gasteiger partial charge is 0.188 e. The molecule has 0 aliphatic heterocycles. The van der Waals surface area contributed by atoms with Gasteiger partial charge < -0.3 is 4.74 Å². The van der Waals surface area contributed by atoms with Gasteiger partial charge in [-0.3, -0.25) is 4.79 Å². The number of carbonyl (C=O) groups is 1. The summed E-state index contributed by atoms with van der Waals surface area (Å²) < 4.78 is 6.86. The average Bonchev–Trinajstić information content (AvgIpc) is 2.34. The lowest BCUT2D eigenvalue weighted by Crippen LogP contribution is -2.33. The van der Waals surface area contributed by atoms with Gasteiger partial charge in [0.15, 0.2) is 5.78 Å². The fraction of sp³-hybridized carbons (Fsp3) is 0.588. The molecule has 1 aromatic carbocycles. The van der Waals surface area contributed by atoms with Crippen LogP contribution in [-0.2, 0) is 4.74 Å². The van der Waals surface area contributed by atoms with E-state index in [9.17, 15) is 4.79 Å². The molecule has 0 bridgehead atoms. The van der Waals surface area contributed by atoms with Crippen molar-refractivity contribution < 1.29 is 9.53 Å². The van der Waals surface area contributed by atoms with E-state index in [-0.39, 0.29) is 18.5 Å². The number of Topliss-reactive ketones (excluding diaryl/α,β-unsaturated/α-hetero) is 1. The molecule has 1 aliphatic carbocycles. The highest BCUT2D eigenvalue weighted by Crippen LogP contribution is 2.39. The molecule has 0 saturated heterocycles. The molecule has 20 heavy (non-hydrogen) atoms. The zero-order valence-corrected chi connectivity index (χ0v) is 14.1. The second kappa shape index (κ2) is 6.40. The van der Waals surface area contributed by atoms with Crippen LogP contribution in [-0.4, -0.2) is 18.5 Å². The van der Waals surface area contributed by atoms with Crippen LogP contribution in [0.5, 0.6) is 0 Å². The number of halogens is 1. The summed E-state index contributed by atoms with van der Waals surface area (Å²) >= 11 is 3.37. The van der Waals surface area contributed by atoms with Crippen molar-refractivity contribution in [1.82, 2.24) is 0 Å². The minimum atomic E-state index is 0.0635. The maximum Gasteiger partial charge on any atom is 0.188 e. The van der Waals surface area contributed by atoms with E-state index in [0.29, 0.717) is 11.3 Å². The molecule has 0 aromatic heterocycles. The molecule has 0 amide bonds. The molecule has 2 rings (SSSR count). The Morgan fingerprint density at radius 3 is 2.55 bits per heavy atom. The van der Waals surface area contributed by atoms with Crippen molar-refractivity contribution in [2.24, 2.45) is 11.3 Å². The van der Waals surface area contributed by atoms with Crippen LogP contribution in [0.3, 0.4) is 0 Å². The first-order chi connectivity index (χ1) is 9.35. The van der Waals surface area contributed by atoms with E-state index in [4.69, 9.17) is 4.74 Å². The zero-order chi connectivity index (χ0) is 14.8. The first kappa shape index (κ1) is 15.7. The summed E-state index contributed by atoms with van der Waals surface area (Å²) in [5.41, 5.74) is 1.04. The third-order valence-corrected chi connectivity index (χ3v) is 4.49. The summed E-state index contributed by atoms with van der Waals surface area (Å²) in [6, 6.07) is 7.45. The lowest BCUT2D eigenvalue weighted by molar-refractivity contribution is -0.0167. The predicted octanol–water partition coefficient (Wildman–Crippen LogP) is 4.86. The number of ether oxygens (including phenoxy) is 1. The Bertz CT molecular complexity index is 464. The van der Waals surface area contributed by atoms with Gasteiger partial charge in [0.25, 0.3) is 0 Å². The molecular formula is C17H23BrO2. The van der Waals surface area contributed by atoms with Crippen molar-refractivity contribution in [3.63, 3.8) is 0 Å². The third-order valence-electron chi connectivity index (χ3n) is 3.96. The van der Waals surface area contributed by atoms with Gasteiger partial charge in [0.05, 0.1) is 6.10 Å². The Morgan fingerprint density at radius 1 is 1.30 bits per heavy atom. The van der Waals surface area contributed by atoms with Crippen molar-refractivity contribution in [2.45, 2.75) is 46.1 Å². The largest absolute Gasteiger partial charge is 0.370 e. The molecule has 2 unspecified atom stereocenters. The topological polar surface area (TPSA) is 26.3 Å². The van der Waals surface area contributed by atoms with E-state index in [1.54, 1.807) is 0 Å². The van der Waals surface area contributed by atoms with Crippen LogP contribution in [0, 0.1) is 11.3 Å². The maximum atomic E-state index is 12.1. The Hall–Kier alpha value is -0.670. The summed E-state index contributed by atoms with van der Waals surface area (Å²) in [6.45, 7) is 7.04. The van der Waals surface area contributed by atoms with E-state index >= 15 is 0 Å². The quantitative estimate of drug-likeness (QED) is 0.732. The van der Waals surface area contributed by atoms with Crippen molar-refractivity contribution in [3.8, 4) is 0 Å². The van der Waals surface area contributed by atoms with Gasteiger partial charge in [-0.1, -0.05) is 48.8 Å². The molecule has 3 heteroatoms. The zero-order valence-electron chi connectivity index (χ0n) is 12.5. The van der Waals surface area contributed by atoms with Crippen molar-refractivity contribution in [2.75, 3.05) is 6.61 Å². The molecule has 110 valence electrons. The number of hydrogen-bond donors (Lipinski definition) is 0. The lowest BCUT2D eigenvalue weighted by Gasteiger charge is -2.38. The Morgan fingerprint density at radius 2 is 1.95 bits per heavy atom. The average molecular weight is 339 g/mol. The van der Waals surface area contributed by atoms with Crippen LogP contribution in [0.1, 0.15) is 50.4 Å². The van der Waals surface area contributed by atoms with Gasteiger partial charge in [-0.15, -0.1) is 0 Å². The molecule has 0 radical (unpaired) electrons. The summed E-state index contributed by atoms with van der Waals surface area (Å²) in [7, 11) is 0. The standard InChI is InChI=1S/C17H23BrO2/c1-12-8-15(10-17(2,3)9-12)20-11-16(19)13-4-6-14(18)7-5-13/h4-7,12,15H,8-11H2,1-3H3. The second-order valence-corrected chi connectivity index (χ2v) is 7.69. The number of carbonyl (C=O) groups excluding carboxylic acids is 1. The second-order valence-electron chi connectivity index (χ2n) is 6.78. The molecular weight excluding hydrogens is 316 g/mol. The summed E-state index contributed by atoms with van der Waals surface area (Å²) in [5, 5.41) is 0. The van der Waals surface area contributed by atoms with E-state index in [2.05, 4.69) is 36.7 Å². The SMILES string of the molecule is CC1CC(OCC(=O)c2ccc(Br)cc2)CC(C)(C)C1. The van der Waals surface area contributed by atoms with Gasteiger partial charge >= 0.3 is 0 Å². The van der Waals surface area contributed by atoms with Gasteiger partial charge in [-0.2, -0.15) is 0 Å². The van der Waals surface area contributed by atoms with Crippen LogP contribution in [0.4, 0.5) is 0 Å². The first-order valence-corrected chi connectivity index (χ1v) is 8.05. The van der Waals surface area contributed by atoms with E-state index < -0.39 is 0 Å². The highest BCUT2D eigenvalue weighted by molar-refractivity contribution is 9.10. The highest BCUT2D eigenvalue weighted by Gasteiger charge is 2.32. The van der Waals surface area contributed by atoms with Crippen molar-refractivity contribution >= 4 is 21.7 Å². The Balaban J connectivity index is 1.88. The monoisotopic (exact) mass is 338 g/mol. The molecule has 1 fully saturated rings. The Labute approximate surface area is 130 Å². The fourth-order valence-electron chi connectivity index (χ4n) is 3.30. The third kappa shape index (κ3) is 4.42. The molecule has 1 saturated carbocycles. The lowest BCUT2D eigenvalue weighted by atomic mass is 9.71. The van der Waals surface area contributed by atoms with Gasteiger partial charge in [-0.05, 0) is 42.7 Å². The number of rotatable bonds is 4. The molecule has 1 aromatic rings. The van der Waals surface area contributed by atoms with Crippen LogP contribution >= 0.6 is 15.9 Å². The molecule has 2 nitrogen and oxygen atoms in total. The van der Waals surface area contributed by atoms with E-state index in [0.717, 1.165) is 22.9 Å². The van der Waals surface area contributed by atoms with Gasteiger partial charge in [0.1, 0.15) is 6.61 Å². The van der Waals surface area contributed by atoms with Crippen molar-refractivity contribution in [1.29, 1.82) is 0 Å². The molecule has 0 heterocycles. The normalized spacial score (nSPS) is 25.4. The van der Waals surface area contributed by atoms with E-state index in [1.165, 1.54) is 6.42 Å². The minimum Gasteiger partial charge on any atom is -0.370 e. The van der Waals surface area contributed by atoms with Crippen LogP contribution in [0.25, 0.3) is 0 Å². The summed E-state index contributed by atoms with van der Waals surface area (Å²) in [5.74, 6) is 0.736. The van der Waals surface area contributed by atoms with Gasteiger partial charge in [-0.25, -0.2) is 0 Å². The van der Waals surface area contributed by atoms with Crippen molar-refractivity contribution in [3.05, 3.63) is 34.3 Å². The molecule has 0 spiro atoms. The number of benzene rings is 1. The van der Waals surface area contributed by atoms with E-state index in [1.807, 2.05) is 24.3 Å². The number of hydrogen-bond acceptors (Lipinski definition) is 2. The summed E-state index contributed by atoms with van der Waals surface area (Å²) in [4.78, 5) is 12.1. The van der Waals surface area contributed by atoms with Gasteiger partial charge in [0.2, 0.25) is 0 Å². The summed E-state index contributed by atoms with van der Waals surface area (Å²) in [6.07, 6.45) is 3.57. The first-order valence-electron chi connectivity index (χ1n) is 7.26. The minimum absolute atomic E-state index is 0.0635. The predicted molar refractivity (Wildman–Crippen MR) is 85.0 cm³/mol. The number of ketones is 1. The highest BCUT2D eigenvalue weighted by atomic mass is 79.9. The maximum absolute atomic E-state index is 12.1. The molecule has 2 atom stereocenters. The van der Waals surface area contributed by atoms with Crippen LogP contribution in [0.2, 0.25) is 0 Å².